The Hall–Kier alpha value is -3.54. The molecular formula is C20H16FN3O2. The molecule has 5 nitrogen and oxygen atoms in total. The van der Waals surface area contributed by atoms with Gasteiger partial charge in [-0.3, -0.25) is 9.59 Å². The third-order valence-electron chi connectivity index (χ3n) is 3.72. The Bertz CT molecular complexity index is 999. The molecule has 1 heterocycles. The van der Waals surface area contributed by atoms with Gasteiger partial charge >= 0.3 is 0 Å². The van der Waals surface area contributed by atoms with Crippen molar-refractivity contribution >= 4 is 11.6 Å². The fourth-order valence-corrected chi connectivity index (χ4v) is 2.50. The lowest BCUT2D eigenvalue weighted by atomic mass is 10.2. The Balaban J connectivity index is 2.05. The lowest BCUT2D eigenvalue weighted by molar-refractivity contribution is 0.0983. The van der Waals surface area contributed by atoms with E-state index in [4.69, 9.17) is 0 Å². The molecule has 0 aliphatic rings. The minimum absolute atomic E-state index is 0.0119. The highest BCUT2D eigenvalue weighted by Gasteiger charge is 2.19. The molecule has 130 valence electrons. The van der Waals surface area contributed by atoms with Crippen LogP contribution in [-0.2, 0) is 0 Å². The lowest BCUT2D eigenvalue weighted by Gasteiger charge is -2.21. The molecular weight excluding hydrogens is 333 g/mol. The molecule has 0 saturated heterocycles. The van der Waals surface area contributed by atoms with Crippen LogP contribution in [0.15, 0.2) is 84.2 Å². The van der Waals surface area contributed by atoms with E-state index < -0.39 is 17.3 Å². The van der Waals surface area contributed by atoms with E-state index in [0.717, 1.165) is 4.68 Å². The van der Waals surface area contributed by atoms with Crippen molar-refractivity contribution < 1.29 is 9.18 Å². The third-order valence-corrected chi connectivity index (χ3v) is 3.72. The quantitative estimate of drug-likeness (QED) is 0.665. The van der Waals surface area contributed by atoms with Crippen molar-refractivity contribution in [1.29, 1.82) is 0 Å². The first-order chi connectivity index (χ1) is 12.6. The molecule has 0 spiro atoms. The van der Waals surface area contributed by atoms with Gasteiger partial charge < -0.3 is 4.90 Å². The molecule has 0 aliphatic heterocycles. The Morgan fingerprint density at radius 3 is 2.46 bits per heavy atom. The van der Waals surface area contributed by atoms with E-state index in [1.54, 1.807) is 24.3 Å². The van der Waals surface area contributed by atoms with E-state index in [1.807, 2.05) is 18.2 Å². The van der Waals surface area contributed by atoms with Crippen LogP contribution in [-0.4, -0.2) is 22.2 Å². The highest BCUT2D eigenvalue weighted by molar-refractivity contribution is 6.04. The number of hydrogen-bond acceptors (Lipinski definition) is 3. The predicted octanol–water partition coefficient (Wildman–Crippen LogP) is 3.20. The van der Waals surface area contributed by atoms with Crippen molar-refractivity contribution in [2.45, 2.75) is 0 Å². The fraction of sp³-hybridized carbons (Fsp3) is 0.0500. The van der Waals surface area contributed by atoms with Crippen LogP contribution in [0.3, 0.4) is 0 Å². The zero-order valence-corrected chi connectivity index (χ0v) is 13.9. The second kappa shape index (κ2) is 7.57. The molecule has 0 bridgehead atoms. The Labute approximate surface area is 149 Å². The number of rotatable bonds is 5. The molecule has 1 aromatic heterocycles. The maximum absolute atomic E-state index is 14.0. The number of benzene rings is 2. The van der Waals surface area contributed by atoms with Crippen LogP contribution >= 0.6 is 0 Å². The van der Waals surface area contributed by atoms with Crippen LogP contribution < -0.4 is 10.5 Å². The summed E-state index contributed by atoms with van der Waals surface area (Å²) in [6.45, 7) is 3.94. The Morgan fingerprint density at radius 1 is 1.08 bits per heavy atom. The number of amides is 1. The normalized spacial score (nSPS) is 10.3. The number of nitrogens with zero attached hydrogens (tertiary/aromatic N) is 3. The van der Waals surface area contributed by atoms with E-state index >= 15 is 0 Å². The minimum Gasteiger partial charge on any atom is -0.303 e. The summed E-state index contributed by atoms with van der Waals surface area (Å²) in [5.74, 6) is -1.01. The second-order valence-electron chi connectivity index (χ2n) is 5.46. The van der Waals surface area contributed by atoms with Gasteiger partial charge in [0.15, 0.2) is 0 Å². The summed E-state index contributed by atoms with van der Waals surface area (Å²) in [7, 11) is 0. The van der Waals surface area contributed by atoms with E-state index in [0.29, 0.717) is 5.69 Å². The predicted molar refractivity (Wildman–Crippen MR) is 98.1 cm³/mol. The second-order valence-corrected chi connectivity index (χ2v) is 5.46. The monoisotopic (exact) mass is 349 g/mol. The molecule has 3 aromatic rings. The third kappa shape index (κ3) is 3.44. The number of carbonyl (C=O) groups is 1. The standard InChI is InChI=1S/C20H16FN3O2/c1-2-14-23(15-8-4-3-5-9-15)20(26)17-12-13-19(25)24(22-17)18-11-7-6-10-16(18)21/h2-13H,1,14H2. The number of aromatic nitrogens is 2. The molecule has 26 heavy (non-hydrogen) atoms. The van der Waals surface area contributed by atoms with Gasteiger partial charge in [-0.25, -0.2) is 4.39 Å². The van der Waals surface area contributed by atoms with Gasteiger partial charge in [-0.1, -0.05) is 36.4 Å². The van der Waals surface area contributed by atoms with Crippen molar-refractivity contribution in [3.8, 4) is 5.69 Å². The number of carbonyl (C=O) groups excluding carboxylic acids is 1. The molecule has 2 aromatic carbocycles. The van der Waals surface area contributed by atoms with Crippen molar-refractivity contribution in [3.63, 3.8) is 0 Å². The molecule has 6 heteroatoms. The summed E-state index contributed by atoms with van der Waals surface area (Å²) in [6, 6.07) is 17.3. The summed E-state index contributed by atoms with van der Waals surface area (Å²) in [6.07, 6.45) is 1.60. The van der Waals surface area contributed by atoms with Gasteiger partial charge in [0.1, 0.15) is 17.2 Å². The SMILES string of the molecule is C=CCN(C(=O)c1ccc(=O)n(-c2ccccc2F)n1)c1ccccc1. The maximum Gasteiger partial charge on any atom is 0.279 e. The first-order valence-corrected chi connectivity index (χ1v) is 7.95. The Kier molecular flexibility index (Phi) is 5.03. The molecule has 1 amide bonds. The van der Waals surface area contributed by atoms with E-state index in [1.165, 1.54) is 35.2 Å². The van der Waals surface area contributed by atoms with Crippen LogP contribution in [0.5, 0.6) is 0 Å². The highest BCUT2D eigenvalue weighted by Crippen LogP contribution is 2.16. The van der Waals surface area contributed by atoms with E-state index in [2.05, 4.69) is 11.7 Å². The number of para-hydroxylation sites is 2. The summed E-state index contributed by atoms with van der Waals surface area (Å²) >= 11 is 0. The van der Waals surface area contributed by atoms with Gasteiger partial charge in [-0.05, 0) is 30.3 Å². The molecule has 0 saturated carbocycles. The average Bonchev–Trinajstić information content (AvgIpc) is 2.67. The Morgan fingerprint density at radius 2 is 1.77 bits per heavy atom. The zero-order valence-electron chi connectivity index (χ0n) is 13.9. The molecule has 0 atom stereocenters. The molecule has 3 rings (SSSR count). The lowest BCUT2D eigenvalue weighted by Crippen LogP contribution is -2.34. The van der Waals surface area contributed by atoms with Crippen LogP contribution in [0, 0.1) is 5.82 Å². The van der Waals surface area contributed by atoms with Gasteiger partial charge in [-0.2, -0.15) is 9.78 Å². The van der Waals surface area contributed by atoms with Gasteiger partial charge in [0.25, 0.3) is 11.5 Å². The smallest absolute Gasteiger partial charge is 0.279 e. The fourth-order valence-electron chi connectivity index (χ4n) is 2.50. The summed E-state index contributed by atoms with van der Waals surface area (Å²) < 4.78 is 14.9. The average molecular weight is 349 g/mol. The number of anilines is 1. The summed E-state index contributed by atoms with van der Waals surface area (Å²) in [5, 5.41) is 4.07. The topological polar surface area (TPSA) is 55.2 Å². The van der Waals surface area contributed by atoms with Crippen LogP contribution in [0.25, 0.3) is 5.69 Å². The largest absolute Gasteiger partial charge is 0.303 e. The van der Waals surface area contributed by atoms with Gasteiger partial charge in [0, 0.05) is 18.3 Å². The first kappa shape index (κ1) is 17.3. The van der Waals surface area contributed by atoms with Crippen LogP contribution in [0.4, 0.5) is 10.1 Å². The minimum atomic E-state index is -0.599. The van der Waals surface area contributed by atoms with Gasteiger partial charge in [-0.15, -0.1) is 6.58 Å². The highest BCUT2D eigenvalue weighted by atomic mass is 19.1. The van der Waals surface area contributed by atoms with Gasteiger partial charge in [0.05, 0.1) is 0 Å². The van der Waals surface area contributed by atoms with Gasteiger partial charge in [0.2, 0.25) is 0 Å². The molecule has 0 aliphatic carbocycles. The molecule has 0 N–H and O–H groups in total. The van der Waals surface area contributed by atoms with Crippen LogP contribution in [0.1, 0.15) is 10.5 Å². The molecule has 0 fully saturated rings. The van der Waals surface area contributed by atoms with Crippen molar-refractivity contribution in [3.05, 3.63) is 101 Å². The zero-order chi connectivity index (χ0) is 18.5. The molecule has 0 unspecified atom stereocenters. The first-order valence-electron chi connectivity index (χ1n) is 7.95. The summed E-state index contributed by atoms with van der Waals surface area (Å²) in [5.41, 5.74) is 0.158. The number of hydrogen-bond donors (Lipinski definition) is 0. The van der Waals surface area contributed by atoms with Crippen LogP contribution in [0.2, 0.25) is 0 Å². The van der Waals surface area contributed by atoms with Crippen molar-refractivity contribution in [2.24, 2.45) is 0 Å². The molecule has 0 radical (unpaired) electrons. The van der Waals surface area contributed by atoms with E-state index in [-0.39, 0.29) is 17.9 Å². The maximum atomic E-state index is 14.0. The van der Waals surface area contributed by atoms with Crippen molar-refractivity contribution in [2.75, 3.05) is 11.4 Å². The van der Waals surface area contributed by atoms with Crippen molar-refractivity contribution in [1.82, 2.24) is 9.78 Å². The number of halogens is 1. The summed E-state index contributed by atoms with van der Waals surface area (Å²) in [4.78, 5) is 26.5. The van der Waals surface area contributed by atoms with E-state index in [9.17, 15) is 14.0 Å².